The van der Waals surface area contributed by atoms with E-state index >= 15 is 0 Å². The van der Waals surface area contributed by atoms with Crippen molar-refractivity contribution in [1.82, 2.24) is 0 Å². The highest BCUT2D eigenvalue weighted by atomic mass is 31.2. The van der Waals surface area contributed by atoms with Crippen molar-refractivity contribution in [3.63, 3.8) is 0 Å². The molecule has 0 radical (unpaired) electrons. The van der Waals surface area contributed by atoms with Gasteiger partial charge in [0.15, 0.2) is 5.75 Å². The zero-order chi connectivity index (χ0) is 17.2. The van der Waals surface area contributed by atoms with Gasteiger partial charge in [-0.15, -0.1) is 0 Å². The first-order chi connectivity index (χ1) is 11.6. The molecule has 2 aromatic carbocycles. The van der Waals surface area contributed by atoms with Crippen molar-refractivity contribution in [3.05, 3.63) is 60.2 Å². The lowest BCUT2D eigenvalue weighted by atomic mass is 10.1. The van der Waals surface area contributed by atoms with Gasteiger partial charge in [-0.05, 0) is 17.7 Å². The fraction of sp³-hybridized carbons (Fsp3) is 0.235. The van der Waals surface area contributed by atoms with Crippen LogP contribution < -0.4 is 9.64 Å². The van der Waals surface area contributed by atoms with Crippen LogP contribution in [0.1, 0.15) is 5.56 Å². The molecule has 7 heteroatoms. The third kappa shape index (κ3) is 2.96. The van der Waals surface area contributed by atoms with Crippen molar-refractivity contribution in [2.24, 2.45) is 0 Å². The van der Waals surface area contributed by atoms with Gasteiger partial charge in [-0.3, -0.25) is 4.57 Å². The summed E-state index contributed by atoms with van der Waals surface area (Å²) in [6, 6.07) is 16.7. The highest BCUT2D eigenvalue weighted by Crippen LogP contribution is 2.56. The predicted octanol–water partition coefficient (Wildman–Crippen LogP) is 3.42. The molecular weight excluding hydrogens is 329 g/mol. The summed E-state index contributed by atoms with van der Waals surface area (Å²) in [4.78, 5) is 14.2. The summed E-state index contributed by atoms with van der Waals surface area (Å²) < 4.78 is 28.4. The van der Waals surface area contributed by atoms with Crippen LogP contribution >= 0.6 is 7.60 Å². The topological polar surface area (TPSA) is 65.1 Å². The predicted molar refractivity (Wildman–Crippen MR) is 90.1 cm³/mol. The van der Waals surface area contributed by atoms with Gasteiger partial charge in [0.25, 0.3) is 0 Å². The Morgan fingerprint density at radius 1 is 1.04 bits per heavy atom. The molecule has 0 saturated heterocycles. The standard InChI is InChI=1S/C17H18NO5P/c1-21-24(20,22-2)16-17(19)23-15-11-7-6-10-14(15)18(16)12-13-8-4-3-5-9-13/h3-11,16H,12H2,1-2H3/t16-/m0/s1. The Morgan fingerprint density at radius 3 is 2.33 bits per heavy atom. The normalized spacial score (nSPS) is 17.3. The van der Waals surface area contributed by atoms with Crippen LogP contribution in [0.25, 0.3) is 0 Å². The number of nitrogens with zero attached hydrogens (tertiary/aromatic N) is 1. The van der Waals surface area contributed by atoms with Crippen LogP contribution in [-0.2, 0) is 25.0 Å². The molecule has 0 spiro atoms. The van der Waals surface area contributed by atoms with Crippen LogP contribution in [0.5, 0.6) is 5.75 Å². The second kappa shape index (κ2) is 6.77. The molecule has 0 bridgehead atoms. The van der Waals surface area contributed by atoms with Crippen molar-refractivity contribution in [3.8, 4) is 5.75 Å². The molecular formula is C17H18NO5P. The van der Waals surface area contributed by atoms with Crippen molar-refractivity contribution < 1.29 is 23.1 Å². The highest BCUT2D eigenvalue weighted by molar-refractivity contribution is 7.55. The Labute approximate surface area is 140 Å². The van der Waals surface area contributed by atoms with Gasteiger partial charge in [0.1, 0.15) is 0 Å². The van der Waals surface area contributed by atoms with Crippen molar-refractivity contribution in [2.45, 2.75) is 12.3 Å². The molecule has 0 unspecified atom stereocenters. The Balaban J connectivity index is 2.09. The molecule has 0 fully saturated rings. The van der Waals surface area contributed by atoms with Gasteiger partial charge in [0.2, 0.25) is 5.78 Å². The van der Waals surface area contributed by atoms with Gasteiger partial charge in [-0.25, -0.2) is 4.79 Å². The summed E-state index contributed by atoms with van der Waals surface area (Å²) in [6.45, 7) is 0.369. The maximum absolute atomic E-state index is 12.9. The average Bonchev–Trinajstić information content (AvgIpc) is 2.62. The average molecular weight is 347 g/mol. The number of hydrogen-bond acceptors (Lipinski definition) is 6. The van der Waals surface area contributed by atoms with Gasteiger partial charge >= 0.3 is 13.6 Å². The number of esters is 1. The molecule has 0 aliphatic carbocycles. The van der Waals surface area contributed by atoms with Gasteiger partial charge in [0, 0.05) is 20.8 Å². The summed E-state index contributed by atoms with van der Waals surface area (Å²) >= 11 is 0. The highest BCUT2D eigenvalue weighted by Gasteiger charge is 2.49. The van der Waals surface area contributed by atoms with E-state index in [2.05, 4.69) is 0 Å². The van der Waals surface area contributed by atoms with Crippen LogP contribution in [-0.4, -0.2) is 26.0 Å². The number of anilines is 1. The largest absolute Gasteiger partial charge is 0.422 e. The molecule has 1 aliphatic heterocycles. The summed E-state index contributed by atoms with van der Waals surface area (Å²) in [7, 11) is -1.18. The lowest BCUT2D eigenvalue weighted by molar-refractivity contribution is -0.135. The summed E-state index contributed by atoms with van der Waals surface area (Å²) in [5, 5.41) is 0. The fourth-order valence-corrected chi connectivity index (χ4v) is 4.13. The van der Waals surface area contributed by atoms with E-state index in [0.717, 1.165) is 5.56 Å². The van der Waals surface area contributed by atoms with E-state index in [9.17, 15) is 9.36 Å². The molecule has 6 nitrogen and oxygen atoms in total. The van der Waals surface area contributed by atoms with Gasteiger partial charge < -0.3 is 18.7 Å². The Bertz CT molecular complexity index is 772. The van der Waals surface area contributed by atoms with Crippen molar-refractivity contribution >= 4 is 19.3 Å². The van der Waals surface area contributed by atoms with E-state index in [1.807, 2.05) is 42.5 Å². The molecule has 1 aliphatic rings. The maximum atomic E-state index is 12.9. The van der Waals surface area contributed by atoms with Crippen LogP contribution in [0.3, 0.4) is 0 Å². The molecule has 2 aromatic rings. The molecule has 1 heterocycles. The molecule has 0 saturated carbocycles. The third-order valence-corrected chi connectivity index (χ3v) is 6.00. The molecule has 0 aromatic heterocycles. The van der Waals surface area contributed by atoms with Crippen LogP contribution in [0, 0.1) is 0 Å². The van der Waals surface area contributed by atoms with E-state index < -0.39 is 19.3 Å². The minimum atomic E-state index is -3.71. The first kappa shape index (κ1) is 16.7. The monoisotopic (exact) mass is 347 g/mol. The van der Waals surface area contributed by atoms with Gasteiger partial charge in [0.05, 0.1) is 5.69 Å². The number of benzene rings is 2. The Morgan fingerprint density at radius 2 is 1.67 bits per heavy atom. The fourth-order valence-electron chi connectivity index (χ4n) is 2.73. The molecule has 126 valence electrons. The molecule has 3 rings (SSSR count). The number of carbonyl (C=O) groups is 1. The quantitative estimate of drug-likeness (QED) is 0.469. The van der Waals surface area contributed by atoms with E-state index in [1.165, 1.54) is 14.2 Å². The minimum absolute atomic E-state index is 0.369. The lowest BCUT2D eigenvalue weighted by Crippen LogP contribution is -2.46. The number of para-hydroxylation sites is 2. The zero-order valence-corrected chi connectivity index (χ0v) is 14.3. The Kier molecular flexibility index (Phi) is 4.71. The van der Waals surface area contributed by atoms with E-state index in [-0.39, 0.29) is 0 Å². The van der Waals surface area contributed by atoms with Crippen molar-refractivity contribution in [2.75, 3.05) is 19.1 Å². The van der Waals surface area contributed by atoms with Crippen molar-refractivity contribution in [1.29, 1.82) is 0 Å². The van der Waals surface area contributed by atoms with Gasteiger partial charge in [-0.1, -0.05) is 42.5 Å². The molecule has 0 amide bonds. The summed E-state index contributed by atoms with van der Waals surface area (Å²) in [5.41, 5.74) is 1.63. The number of carbonyl (C=O) groups excluding carboxylic acids is 1. The van der Waals surface area contributed by atoms with E-state index in [4.69, 9.17) is 13.8 Å². The number of hydrogen-bond donors (Lipinski definition) is 0. The second-order valence-corrected chi connectivity index (χ2v) is 7.58. The third-order valence-electron chi connectivity index (χ3n) is 3.90. The maximum Gasteiger partial charge on any atom is 0.363 e. The minimum Gasteiger partial charge on any atom is -0.422 e. The van der Waals surface area contributed by atoms with Crippen LogP contribution in [0.2, 0.25) is 0 Å². The first-order valence-corrected chi connectivity index (χ1v) is 9.02. The molecule has 0 N–H and O–H groups in total. The second-order valence-electron chi connectivity index (χ2n) is 5.28. The summed E-state index contributed by atoms with van der Waals surface area (Å²) in [6.07, 6.45) is 0. The number of rotatable bonds is 5. The number of ether oxygens (including phenoxy) is 1. The van der Waals surface area contributed by atoms with Crippen LogP contribution in [0.4, 0.5) is 5.69 Å². The van der Waals surface area contributed by atoms with E-state index in [1.54, 1.807) is 17.0 Å². The van der Waals surface area contributed by atoms with Gasteiger partial charge in [-0.2, -0.15) is 0 Å². The number of fused-ring (bicyclic) bond motifs is 1. The first-order valence-electron chi connectivity index (χ1n) is 7.41. The SMILES string of the molecule is COP(=O)(OC)[C@H]1C(=O)Oc2ccccc2N1Cc1ccccc1. The smallest absolute Gasteiger partial charge is 0.363 e. The zero-order valence-electron chi connectivity index (χ0n) is 13.4. The Hall–Kier alpha value is -2.14. The van der Waals surface area contributed by atoms with Crippen LogP contribution in [0.15, 0.2) is 54.6 Å². The lowest BCUT2D eigenvalue weighted by Gasteiger charge is -2.38. The molecule has 24 heavy (non-hydrogen) atoms. The summed E-state index contributed by atoms with van der Waals surface area (Å²) in [5.74, 6) is -1.40. The van der Waals surface area contributed by atoms with E-state index in [0.29, 0.717) is 18.0 Å². The molecule has 1 atom stereocenters.